The van der Waals surface area contributed by atoms with Crippen LogP contribution < -0.4 is 4.90 Å². The zero-order valence-electron chi connectivity index (χ0n) is 8.44. The highest BCUT2D eigenvalue weighted by molar-refractivity contribution is 7.09. The molecule has 0 saturated carbocycles. The van der Waals surface area contributed by atoms with E-state index in [1.165, 1.54) is 11.5 Å². The molecule has 0 spiro atoms. The van der Waals surface area contributed by atoms with Crippen molar-refractivity contribution in [3.05, 3.63) is 29.5 Å². The smallest absolute Gasteiger partial charge is 0.234 e. The van der Waals surface area contributed by atoms with E-state index in [1.54, 1.807) is 0 Å². The molecule has 1 aromatic heterocycles. The topological polar surface area (TPSA) is 29.0 Å². The van der Waals surface area contributed by atoms with Crippen LogP contribution in [0.5, 0.6) is 0 Å². The summed E-state index contributed by atoms with van der Waals surface area (Å²) in [5, 5.41) is 1.16. The van der Waals surface area contributed by atoms with Crippen molar-refractivity contribution in [3.63, 3.8) is 0 Å². The van der Waals surface area contributed by atoms with E-state index in [9.17, 15) is 0 Å². The minimum Gasteiger partial charge on any atom is -0.378 e. The van der Waals surface area contributed by atoms with Gasteiger partial charge >= 0.3 is 0 Å². The second kappa shape index (κ2) is 4.16. The summed E-state index contributed by atoms with van der Waals surface area (Å²) in [4.78, 5) is 6.18. The fourth-order valence-electron chi connectivity index (χ4n) is 1.24. The van der Waals surface area contributed by atoms with Gasteiger partial charge in [0, 0.05) is 25.3 Å². The molecule has 0 aliphatic rings. The average Bonchev–Trinajstić information content (AvgIpc) is 2.65. The molecule has 0 aliphatic heterocycles. The first kappa shape index (κ1) is 10.4. The second-order valence-corrected chi connectivity index (χ2v) is 4.40. The van der Waals surface area contributed by atoms with E-state index < -0.39 is 0 Å². The van der Waals surface area contributed by atoms with Crippen molar-refractivity contribution >= 4 is 28.8 Å². The first-order chi connectivity index (χ1) is 7.16. The first-order valence-electron chi connectivity index (χ1n) is 4.44. The summed E-state index contributed by atoms with van der Waals surface area (Å²) in [5.74, 6) is 0. The van der Waals surface area contributed by atoms with Crippen LogP contribution in [0.15, 0.2) is 24.3 Å². The Kier molecular flexibility index (Phi) is 2.88. The van der Waals surface area contributed by atoms with Crippen molar-refractivity contribution in [1.29, 1.82) is 0 Å². The summed E-state index contributed by atoms with van der Waals surface area (Å²) in [7, 11) is 4.01. The molecule has 0 amide bonds. The van der Waals surface area contributed by atoms with Gasteiger partial charge < -0.3 is 4.90 Å². The highest BCUT2D eigenvalue weighted by Gasteiger charge is 2.05. The first-order valence-corrected chi connectivity index (χ1v) is 5.59. The Bertz CT molecular complexity index is 467. The van der Waals surface area contributed by atoms with Crippen LogP contribution in [0.4, 0.5) is 5.69 Å². The number of benzene rings is 1. The maximum Gasteiger partial charge on any atom is 0.234 e. The van der Waals surface area contributed by atoms with Gasteiger partial charge in [-0.15, -0.1) is 0 Å². The van der Waals surface area contributed by atoms with Crippen molar-refractivity contribution in [2.45, 2.75) is 0 Å². The highest BCUT2D eigenvalue weighted by Crippen LogP contribution is 2.26. The summed E-state index contributed by atoms with van der Waals surface area (Å²) in [6.45, 7) is 0. The predicted molar refractivity (Wildman–Crippen MR) is 64.7 cm³/mol. The number of nitrogens with zero attached hydrogens (tertiary/aromatic N) is 3. The number of aromatic nitrogens is 2. The highest BCUT2D eigenvalue weighted by atomic mass is 35.5. The molecule has 78 valence electrons. The molecule has 0 unspecified atom stereocenters. The van der Waals surface area contributed by atoms with Crippen LogP contribution in [0, 0.1) is 0 Å². The van der Waals surface area contributed by atoms with Crippen LogP contribution in [0.1, 0.15) is 0 Å². The molecule has 0 atom stereocenters. The van der Waals surface area contributed by atoms with Gasteiger partial charge in [-0.1, -0.05) is 12.1 Å². The number of hydrogen-bond donors (Lipinski definition) is 0. The van der Waals surface area contributed by atoms with Crippen LogP contribution in [0.25, 0.3) is 10.6 Å². The van der Waals surface area contributed by atoms with Crippen LogP contribution in [-0.4, -0.2) is 23.5 Å². The fraction of sp³-hybridized carbons (Fsp3) is 0.200. The van der Waals surface area contributed by atoms with E-state index in [2.05, 4.69) is 15.4 Å². The lowest BCUT2D eigenvalue weighted by Gasteiger charge is -2.12. The van der Waals surface area contributed by atoms with E-state index in [1.807, 2.05) is 37.2 Å². The quantitative estimate of drug-likeness (QED) is 0.807. The Balaban J connectivity index is 2.41. The van der Waals surface area contributed by atoms with E-state index in [4.69, 9.17) is 11.6 Å². The molecule has 2 rings (SSSR count). The summed E-state index contributed by atoms with van der Waals surface area (Å²) in [6.07, 6.45) is 0. The van der Waals surface area contributed by atoms with Crippen LogP contribution in [0.2, 0.25) is 5.28 Å². The number of hydrogen-bond acceptors (Lipinski definition) is 4. The SMILES string of the molecule is CN(C)c1cccc(-c2nc(Cl)ns2)c1. The van der Waals surface area contributed by atoms with Crippen LogP contribution >= 0.6 is 23.1 Å². The fourth-order valence-corrected chi connectivity index (χ4v) is 2.04. The normalized spacial score (nSPS) is 10.3. The standard InChI is InChI=1S/C10H10ClN3S/c1-14(2)8-5-3-4-7(6-8)9-12-10(11)13-15-9/h3-6H,1-2H3. The number of anilines is 1. The molecule has 5 heteroatoms. The summed E-state index contributed by atoms with van der Waals surface area (Å²) in [6, 6.07) is 8.12. The van der Waals surface area contributed by atoms with E-state index in [0.29, 0.717) is 5.28 Å². The minimum atomic E-state index is 0.310. The van der Waals surface area contributed by atoms with E-state index in [-0.39, 0.29) is 0 Å². The van der Waals surface area contributed by atoms with Gasteiger partial charge in [0.2, 0.25) is 5.28 Å². The Morgan fingerprint density at radius 1 is 1.33 bits per heavy atom. The molecule has 3 nitrogen and oxygen atoms in total. The molecule has 15 heavy (non-hydrogen) atoms. The Morgan fingerprint density at radius 3 is 2.73 bits per heavy atom. The molecule has 1 heterocycles. The van der Waals surface area contributed by atoms with Crippen LogP contribution in [0.3, 0.4) is 0 Å². The zero-order chi connectivity index (χ0) is 10.8. The third kappa shape index (κ3) is 2.27. The summed E-state index contributed by atoms with van der Waals surface area (Å²) < 4.78 is 3.95. The van der Waals surface area contributed by atoms with Crippen molar-refractivity contribution in [1.82, 2.24) is 9.36 Å². The molecule has 0 N–H and O–H groups in total. The number of halogens is 1. The van der Waals surface area contributed by atoms with Gasteiger partial charge in [-0.3, -0.25) is 0 Å². The van der Waals surface area contributed by atoms with Gasteiger partial charge in [-0.2, -0.15) is 4.37 Å². The van der Waals surface area contributed by atoms with Gasteiger partial charge in [-0.25, -0.2) is 4.98 Å². The van der Waals surface area contributed by atoms with Gasteiger partial charge in [0.1, 0.15) is 5.01 Å². The minimum absolute atomic E-state index is 0.310. The lowest BCUT2D eigenvalue weighted by atomic mass is 10.2. The molecule has 1 aromatic carbocycles. The predicted octanol–water partition coefficient (Wildman–Crippen LogP) is 2.92. The maximum atomic E-state index is 5.69. The Morgan fingerprint density at radius 2 is 2.13 bits per heavy atom. The maximum absolute atomic E-state index is 5.69. The Labute approximate surface area is 97.5 Å². The molecule has 0 fully saturated rings. The van der Waals surface area contributed by atoms with E-state index >= 15 is 0 Å². The molecule has 2 aromatic rings. The lowest BCUT2D eigenvalue weighted by molar-refractivity contribution is 1.13. The second-order valence-electron chi connectivity index (χ2n) is 3.31. The average molecular weight is 240 g/mol. The van der Waals surface area contributed by atoms with Gasteiger partial charge in [0.05, 0.1) is 0 Å². The monoisotopic (exact) mass is 239 g/mol. The van der Waals surface area contributed by atoms with E-state index in [0.717, 1.165) is 16.3 Å². The summed E-state index contributed by atoms with van der Waals surface area (Å²) in [5.41, 5.74) is 2.18. The third-order valence-corrected chi connectivity index (χ3v) is 3.04. The molecular formula is C10H10ClN3S. The van der Waals surface area contributed by atoms with Gasteiger partial charge in [-0.05, 0) is 35.3 Å². The summed E-state index contributed by atoms with van der Waals surface area (Å²) >= 11 is 7.00. The molecule has 0 bridgehead atoms. The zero-order valence-corrected chi connectivity index (χ0v) is 10.0. The lowest BCUT2D eigenvalue weighted by Crippen LogP contribution is -2.08. The van der Waals surface area contributed by atoms with Gasteiger partial charge in [0.15, 0.2) is 0 Å². The number of rotatable bonds is 2. The van der Waals surface area contributed by atoms with Gasteiger partial charge in [0.25, 0.3) is 0 Å². The van der Waals surface area contributed by atoms with Crippen molar-refractivity contribution in [2.24, 2.45) is 0 Å². The van der Waals surface area contributed by atoms with Crippen LogP contribution in [-0.2, 0) is 0 Å². The van der Waals surface area contributed by atoms with Crippen molar-refractivity contribution in [3.8, 4) is 10.6 Å². The van der Waals surface area contributed by atoms with Crippen molar-refractivity contribution in [2.75, 3.05) is 19.0 Å². The molecular weight excluding hydrogens is 230 g/mol. The molecule has 0 radical (unpaired) electrons. The molecule has 0 saturated heterocycles. The third-order valence-electron chi connectivity index (χ3n) is 2.01. The molecule has 0 aliphatic carbocycles. The van der Waals surface area contributed by atoms with Crippen molar-refractivity contribution < 1.29 is 0 Å². The largest absolute Gasteiger partial charge is 0.378 e. The Hall–Kier alpha value is -1.13.